The summed E-state index contributed by atoms with van der Waals surface area (Å²) < 4.78 is 1.86. The Bertz CT molecular complexity index is 1410. The Morgan fingerprint density at radius 2 is 1.94 bits per heavy atom. The van der Waals surface area contributed by atoms with E-state index >= 15 is 0 Å². The monoisotopic (exact) mass is 462 g/mol. The third-order valence-electron chi connectivity index (χ3n) is 5.86. The van der Waals surface area contributed by atoms with Crippen LogP contribution in [0.3, 0.4) is 0 Å². The van der Waals surface area contributed by atoms with E-state index < -0.39 is 17.2 Å². The largest absolute Gasteiger partial charge is 0.481 e. The molecule has 0 unspecified atom stereocenters. The lowest BCUT2D eigenvalue weighted by molar-refractivity contribution is -0.137. The van der Waals surface area contributed by atoms with Crippen molar-refractivity contribution in [2.45, 2.75) is 39.8 Å². The summed E-state index contributed by atoms with van der Waals surface area (Å²) in [5.74, 6) is -0.601. The van der Waals surface area contributed by atoms with Gasteiger partial charge in [-0.1, -0.05) is 6.07 Å². The maximum Gasteiger partial charge on any atom is 0.349 e. The van der Waals surface area contributed by atoms with Gasteiger partial charge in [0.2, 0.25) is 0 Å². The fourth-order valence-corrected chi connectivity index (χ4v) is 3.99. The van der Waals surface area contributed by atoms with Crippen LogP contribution in [0.5, 0.6) is 0 Å². The molecule has 1 aromatic carbocycles. The lowest BCUT2D eigenvalue weighted by Gasteiger charge is -2.24. The number of aromatic amines is 1. The molecule has 176 valence electrons. The minimum Gasteiger partial charge on any atom is -0.481 e. The van der Waals surface area contributed by atoms with Crippen molar-refractivity contribution in [1.82, 2.24) is 29.4 Å². The van der Waals surface area contributed by atoms with Gasteiger partial charge >= 0.3 is 11.7 Å². The van der Waals surface area contributed by atoms with E-state index in [4.69, 9.17) is 5.11 Å². The first-order chi connectivity index (χ1) is 16.3. The van der Waals surface area contributed by atoms with Gasteiger partial charge in [0.05, 0.1) is 11.0 Å². The number of benzene rings is 1. The number of aliphatic carboxylic acids is 1. The Labute approximate surface area is 195 Å². The molecule has 0 atom stereocenters. The van der Waals surface area contributed by atoms with Crippen LogP contribution in [0.25, 0.3) is 22.6 Å². The third-order valence-corrected chi connectivity index (χ3v) is 5.86. The molecule has 10 heteroatoms. The number of hydrogen-bond acceptors (Lipinski definition) is 7. The zero-order valence-electron chi connectivity index (χ0n) is 19.1. The highest BCUT2D eigenvalue weighted by Crippen LogP contribution is 2.24. The van der Waals surface area contributed by atoms with E-state index in [2.05, 4.69) is 24.8 Å². The first kappa shape index (κ1) is 23.2. The molecule has 2 aliphatic rings. The van der Waals surface area contributed by atoms with E-state index in [9.17, 15) is 14.4 Å². The Balaban J connectivity index is 1.72. The molecule has 0 aliphatic carbocycles. The summed E-state index contributed by atoms with van der Waals surface area (Å²) in [5, 5.41) is 9.05. The van der Waals surface area contributed by atoms with E-state index in [0.717, 1.165) is 22.2 Å². The van der Waals surface area contributed by atoms with Crippen molar-refractivity contribution in [1.29, 1.82) is 0 Å². The third kappa shape index (κ3) is 5.18. The molecule has 4 rings (SSSR count). The molecule has 0 radical (unpaired) electrons. The number of carbonyl (C=O) groups is 1. The average Bonchev–Trinajstić information content (AvgIpc) is 2.78. The lowest BCUT2D eigenvalue weighted by Crippen LogP contribution is -2.32. The van der Waals surface area contributed by atoms with E-state index in [1.165, 1.54) is 0 Å². The minimum atomic E-state index is -0.834. The van der Waals surface area contributed by atoms with Gasteiger partial charge < -0.3 is 9.67 Å². The normalized spacial score (nSPS) is 11.5. The van der Waals surface area contributed by atoms with Gasteiger partial charge in [-0.2, -0.15) is 4.98 Å². The molecule has 0 amide bonds. The van der Waals surface area contributed by atoms with E-state index in [1.54, 1.807) is 12.4 Å². The molecular formula is C24H26N6O4. The zero-order chi connectivity index (χ0) is 24.2. The average molecular weight is 463 g/mol. The van der Waals surface area contributed by atoms with Gasteiger partial charge in [0, 0.05) is 38.4 Å². The van der Waals surface area contributed by atoms with Crippen molar-refractivity contribution in [3.63, 3.8) is 0 Å². The number of carboxylic acid groups (broad SMARTS) is 1. The number of nitrogens with one attached hydrogen (secondary N) is 1. The minimum absolute atomic E-state index is 0.0761. The van der Waals surface area contributed by atoms with Crippen molar-refractivity contribution in [2.75, 3.05) is 13.1 Å². The fourth-order valence-electron chi connectivity index (χ4n) is 3.99. The van der Waals surface area contributed by atoms with Crippen molar-refractivity contribution in [3.8, 4) is 11.5 Å². The zero-order valence-corrected chi connectivity index (χ0v) is 19.1. The van der Waals surface area contributed by atoms with Crippen LogP contribution < -0.4 is 11.2 Å². The Kier molecular flexibility index (Phi) is 6.78. The second-order valence-corrected chi connectivity index (χ2v) is 8.37. The first-order valence-electron chi connectivity index (χ1n) is 11.1. The van der Waals surface area contributed by atoms with Gasteiger partial charge in [-0.15, -0.1) is 0 Å². The highest BCUT2D eigenvalue weighted by atomic mass is 16.4. The summed E-state index contributed by atoms with van der Waals surface area (Å²) in [6, 6.07) is 7.74. The maximum absolute atomic E-state index is 12.5. The van der Waals surface area contributed by atoms with Gasteiger partial charge in [-0.05, 0) is 61.7 Å². The molecule has 0 fully saturated rings. The summed E-state index contributed by atoms with van der Waals surface area (Å²) in [4.78, 5) is 52.6. The fraction of sp³-hybridized carbons (Fsp3) is 0.333. The quantitative estimate of drug-likeness (QED) is 0.361. The van der Waals surface area contributed by atoms with Crippen molar-refractivity contribution in [2.24, 2.45) is 0 Å². The van der Waals surface area contributed by atoms with E-state index in [1.807, 2.05) is 42.7 Å². The molecular weight excluding hydrogens is 436 g/mol. The SMILES string of the molecule is Cc1cc2nc3c(=O)[nH]c(=O)nc-3n(CCN(CCCC(=O)O)Cc3cccnc3)c2cc1C. The summed E-state index contributed by atoms with van der Waals surface area (Å²) in [7, 11) is 0. The van der Waals surface area contributed by atoms with Crippen LogP contribution in [0, 0.1) is 13.8 Å². The number of rotatable bonds is 9. The van der Waals surface area contributed by atoms with Crippen molar-refractivity contribution in [3.05, 3.63) is 74.2 Å². The summed E-state index contributed by atoms with van der Waals surface area (Å²) >= 11 is 0. The number of nitrogens with zero attached hydrogens (tertiary/aromatic N) is 5. The first-order valence-corrected chi connectivity index (χ1v) is 11.1. The molecule has 2 aromatic rings. The summed E-state index contributed by atoms with van der Waals surface area (Å²) in [5.41, 5.74) is 3.36. The highest BCUT2D eigenvalue weighted by Gasteiger charge is 2.20. The van der Waals surface area contributed by atoms with Gasteiger partial charge in [0.15, 0.2) is 11.5 Å². The molecule has 2 aliphatic heterocycles. The molecule has 2 N–H and O–H groups in total. The Morgan fingerprint density at radius 3 is 2.68 bits per heavy atom. The lowest BCUT2D eigenvalue weighted by atomic mass is 10.1. The molecule has 10 nitrogen and oxygen atoms in total. The number of pyridine rings is 1. The number of aromatic nitrogens is 5. The Morgan fingerprint density at radius 1 is 1.15 bits per heavy atom. The second-order valence-electron chi connectivity index (χ2n) is 8.37. The smallest absolute Gasteiger partial charge is 0.349 e. The molecule has 0 saturated carbocycles. The molecule has 0 saturated heterocycles. The highest BCUT2D eigenvalue weighted by molar-refractivity contribution is 5.81. The predicted molar refractivity (Wildman–Crippen MR) is 127 cm³/mol. The number of aryl methyl sites for hydroxylation is 2. The van der Waals surface area contributed by atoms with Crippen LogP contribution in [0.4, 0.5) is 0 Å². The molecule has 1 aromatic heterocycles. The van der Waals surface area contributed by atoms with Crippen LogP contribution >= 0.6 is 0 Å². The standard InChI is InChI=1S/C24H26N6O4/c1-15-11-18-19(12-16(15)2)30(22-21(26-18)23(33)28-24(34)27-22)10-9-29(8-4-6-20(31)32)14-17-5-3-7-25-13-17/h3,5,7,11-13H,4,6,8-10,14H2,1-2H3,(H,31,32)(H,28,33,34). The molecule has 3 heterocycles. The number of fused-ring (bicyclic) bond motifs is 2. The van der Waals surface area contributed by atoms with Crippen LogP contribution in [0.1, 0.15) is 29.5 Å². The molecule has 0 bridgehead atoms. The van der Waals surface area contributed by atoms with Gasteiger partial charge in [-0.3, -0.25) is 24.5 Å². The van der Waals surface area contributed by atoms with Crippen LogP contribution in [0.2, 0.25) is 0 Å². The van der Waals surface area contributed by atoms with Crippen LogP contribution in [-0.4, -0.2) is 53.6 Å². The number of H-pyrrole nitrogens is 1. The molecule has 34 heavy (non-hydrogen) atoms. The number of carboxylic acids is 1. The number of hydrogen-bond donors (Lipinski definition) is 2. The Hall–Kier alpha value is -3.92. The molecule has 0 spiro atoms. The predicted octanol–water partition coefficient (Wildman–Crippen LogP) is 1.96. The van der Waals surface area contributed by atoms with Crippen LogP contribution in [-0.2, 0) is 17.9 Å². The van der Waals surface area contributed by atoms with Gasteiger partial charge in [-0.25, -0.2) is 9.78 Å². The van der Waals surface area contributed by atoms with E-state index in [-0.39, 0.29) is 17.9 Å². The van der Waals surface area contributed by atoms with E-state index in [0.29, 0.717) is 38.1 Å². The maximum atomic E-state index is 12.5. The topological polar surface area (TPSA) is 134 Å². The van der Waals surface area contributed by atoms with Gasteiger partial charge in [0.25, 0.3) is 5.56 Å². The van der Waals surface area contributed by atoms with Crippen molar-refractivity contribution >= 4 is 17.0 Å². The van der Waals surface area contributed by atoms with Crippen molar-refractivity contribution < 1.29 is 9.90 Å². The summed E-state index contributed by atoms with van der Waals surface area (Å²) in [6.07, 6.45) is 4.06. The van der Waals surface area contributed by atoms with Gasteiger partial charge in [0.1, 0.15) is 0 Å². The van der Waals surface area contributed by atoms with Crippen LogP contribution in [0.15, 0.2) is 46.2 Å². The summed E-state index contributed by atoms with van der Waals surface area (Å²) in [6.45, 7) is 6.11. The second kappa shape index (κ2) is 9.92.